The molecule has 1 fully saturated rings. The Morgan fingerprint density at radius 1 is 1.62 bits per heavy atom. The SMILES string of the molecule is CCCCN1CCC[C@@H]1SC(C)=O. The van der Waals surface area contributed by atoms with Gasteiger partial charge in [-0.2, -0.15) is 0 Å². The van der Waals surface area contributed by atoms with Crippen molar-refractivity contribution in [3.05, 3.63) is 0 Å². The van der Waals surface area contributed by atoms with Gasteiger partial charge in [0.2, 0.25) is 0 Å². The number of carbonyl (C=O) groups is 1. The predicted octanol–water partition coefficient (Wildman–Crippen LogP) is 2.49. The highest BCUT2D eigenvalue weighted by Gasteiger charge is 2.25. The molecule has 0 N–H and O–H groups in total. The zero-order valence-corrected chi connectivity index (χ0v) is 9.40. The van der Waals surface area contributed by atoms with Gasteiger partial charge in [0.15, 0.2) is 5.12 Å². The molecule has 2 nitrogen and oxygen atoms in total. The van der Waals surface area contributed by atoms with E-state index in [1.807, 2.05) is 0 Å². The number of rotatable bonds is 4. The van der Waals surface area contributed by atoms with Crippen LogP contribution < -0.4 is 0 Å². The molecule has 1 aliphatic heterocycles. The number of unbranched alkanes of at least 4 members (excludes halogenated alkanes) is 1. The average molecular weight is 201 g/mol. The zero-order valence-electron chi connectivity index (χ0n) is 8.58. The Kier molecular flexibility index (Phi) is 4.81. The molecule has 0 bridgehead atoms. The van der Waals surface area contributed by atoms with Crippen molar-refractivity contribution in [1.82, 2.24) is 4.90 Å². The lowest BCUT2D eigenvalue weighted by atomic mass is 10.3. The molecule has 0 unspecified atom stereocenters. The van der Waals surface area contributed by atoms with Crippen molar-refractivity contribution < 1.29 is 4.79 Å². The minimum atomic E-state index is 0.258. The van der Waals surface area contributed by atoms with Gasteiger partial charge >= 0.3 is 0 Å². The molecule has 1 heterocycles. The van der Waals surface area contributed by atoms with E-state index < -0.39 is 0 Å². The Bertz CT molecular complexity index is 172. The molecule has 1 atom stereocenters. The van der Waals surface area contributed by atoms with Crippen molar-refractivity contribution >= 4 is 16.9 Å². The molecule has 0 radical (unpaired) electrons. The Morgan fingerprint density at radius 2 is 2.38 bits per heavy atom. The molecule has 0 aromatic carbocycles. The van der Waals surface area contributed by atoms with E-state index in [-0.39, 0.29) is 5.12 Å². The first-order valence-electron chi connectivity index (χ1n) is 5.15. The smallest absolute Gasteiger partial charge is 0.187 e. The average Bonchev–Trinajstić information content (AvgIpc) is 2.48. The van der Waals surface area contributed by atoms with Crippen LogP contribution in [0.4, 0.5) is 0 Å². The van der Waals surface area contributed by atoms with Crippen molar-refractivity contribution in [2.75, 3.05) is 13.1 Å². The molecule has 1 rings (SSSR count). The van der Waals surface area contributed by atoms with Crippen LogP contribution in [-0.2, 0) is 4.79 Å². The maximum absolute atomic E-state index is 11.0. The molecule has 0 spiro atoms. The third-order valence-electron chi connectivity index (χ3n) is 2.40. The van der Waals surface area contributed by atoms with Crippen LogP contribution in [0.1, 0.15) is 39.5 Å². The Hall–Kier alpha value is -0.0200. The maximum atomic E-state index is 11.0. The normalized spacial score (nSPS) is 23.7. The number of likely N-dealkylation sites (tertiary alicyclic amines) is 1. The molecule has 0 saturated carbocycles. The van der Waals surface area contributed by atoms with Crippen LogP contribution in [0.15, 0.2) is 0 Å². The number of hydrogen-bond acceptors (Lipinski definition) is 3. The first kappa shape index (κ1) is 11.1. The van der Waals surface area contributed by atoms with Gasteiger partial charge in [0, 0.05) is 6.92 Å². The van der Waals surface area contributed by atoms with E-state index in [4.69, 9.17) is 0 Å². The van der Waals surface area contributed by atoms with Gasteiger partial charge in [0.05, 0.1) is 5.37 Å². The van der Waals surface area contributed by atoms with Crippen molar-refractivity contribution in [1.29, 1.82) is 0 Å². The second-order valence-corrected chi connectivity index (χ2v) is 4.95. The minimum absolute atomic E-state index is 0.258. The Morgan fingerprint density at radius 3 is 3.00 bits per heavy atom. The Labute approximate surface area is 85.1 Å². The lowest BCUT2D eigenvalue weighted by Crippen LogP contribution is -2.28. The van der Waals surface area contributed by atoms with Gasteiger partial charge in [-0.25, -0.2) is 0 Å². The number of hydrogen-bond donors (Lipinski definition) is 0. The van der Waals surface area contributed by atoms with Crippen LogP contribution in [0.2, 0.25) is 0 Å². The second kappa shape index (κ2) is 5.66. The molecule has 0 aliphatic carbocycles. The number of thioether (sulfide) groups is 1. The van der Waals surface area contributed by atoms with Gasteiger partial charge in [-0.3, -0.25) is 9.69 Å². The van der Waals surface area contributed by atoms with Crippen molar-refractivity contribution in [3.8, 4) is 0 Å². The summed E-state index contributed by atoms with van der Waals surface area (Å²) < 4.78 is 0. The largest absolute Gasteiger partial charge is 0.291 e. The highest BCUT2D eigenvalue weighted by Crippen LogP contribution is 2.27. The predicted molar refractivity (Wildman–Crippen MR) is 57.8 cm³/mol. The zero-order chi connectivity index (χ0) is 9.68. The van der Waals surface area contributed by atoms with Gasteiger partial charge in [-0.05, 0) is 32.4 Å². The summed E-state index contributed by atoms with van der Waals surface area (Å²) in [6.07, 6.45) is 4.95. The molecule has 13 heavy (non-hydrogen) atoms. The molecule has 0 aromatic heterocycles. The van der Waals surface area contributed by atoms with E-state index in [1.165, 1.54) is 50.5 Å². The molecule has 76 valence electrons. The van der Waals surface area contributed by atoms with Gasteiger partial charge in [0.1, 0.15) is 0 Å². The summed E-state index contributed by atoms with van der Waals surface area (Å²) in [6, 6.07) is 0. The van der Waals surface area contributed by atoms with Crippen molar-refractivity contribution in [2.24, 2.45) is 0 Å². The van der Waals surface area contributed by atoms with Gasteiger partial charge in [-0.15, -0.1) is 0 Å². The van der Waals surface area contributed by atoms with Crippen LogP contribution in [-0.4, -0.2) is 28.5 Å². The minimum Gasteiger partial charge on any atom is -0.291 e. The second-order valence-electron chi connectivity index (χ2n) is 3.60. The fourth-order valence-electron chi connectivity index (χ4n) is 1.74. The molecule has 1 saturated heterocycles. The monoisotopic (exact) mass is 201 g/mol. The number of nitrogens with zero attached hydrogens (tertiary/aromatic N) is 1. The summed E-state index contributed by atoms with van der Waals surface area (Å²) in [4.78, 5) is 13.4. The van der Waals surface area contributed by atoms with Crippen LogP contribution >= 0.6 is 11.8 Å². The molecular formula is C10H19NOS. The van der Waals surface area contributed by atoms with Crippen LogP contribution in [0.3, 0.4) is 0 Å². The lowest BCUT2D eigenvalue weighted by Gasteiger charge is -2.22. The third kappa shape index (κ3) is 3.69. The highest BCUT2D eigenvalue weighted by molar-refractivity contribution is 8.14. The lowest BCUT2D eigenvalue weighted by molar-refractivity contribution is -0.109. The topological polar surface area (TPSA) is 20.3 Å². The van der Waals surface area contributed by atoms with E-state index in [0.29, 0.717) is 5.37 Å². The molecule has 0 amide bonds. The van der Waals surface area contributed by atoms with Gasteiger partial charge in [0.25, 0.3) is 0 Å². The van der Waals surface area contributed by atoms with E-state index in [1.54, 1.807) is 6.92 Å². The summed E-state index contributed by atoms with van der Waals surface area (Å²) in [6.45, 7) is 6.23. The fraction of sp³-hybridized carbons (Fsp3) is 0.900. The first-order valence-corrected chi connectivity index (χ1v) is 6.03. The van der Waals surface area contributed by atoms with Gasteiger partial charge in [-0.1, -0.05) is 25.1 Å². The first-order chi connectivity index (χ1) is 6.24. The van der Waals surface area contributed by atoms with Crippen molar-refractivity contribution in [2.45, 2.75) is 44.9 Å². The van der Waals surface area contributed by atoms with Crippen LogP contribution in [0, 0.1) is 0 Å². The summed E-state index contributed by atoms with van der Waals surface area (Å²) in [5, 5.41) is 0.734. The summed E-state index contributed by atoms with van der Waals surface area (Å²) in [5.74, 6) is 0. The quantitative estimate of drug-likeness (QED) is 0.697. The molecule has 1 aliphatic rings. The molecule has 0 aromatic rings. The summed E-state index contributed by atoms with van der Waals surface area (Å²) in [7, 11) is 0. The van der Waals surface area contributed by atoms with E-state index in [9.17, 15) is 4.79 Å². The van der Waals surface area contributed by atoms with E-state index in [0.717, 1.165) is 0 Å². The molecular weight excluding hydrogens is 182 g/mol. The van der Waals surface area contributed by atoms with E-state index >= 15 is 0 Å². The van der Waals surface area contributed by atoms with Crippen LogP contribution in [0.5, 0.6) is 0 Å². The summed E-state index contributed by atoms with van der Waals surface area (Å²) in [5.41, 5.74) is 0. The van der Waals surface area contributed by atoms with Crippen LogP contribution in [0.25, 0.3) is 0 Å². The molecule has 3 heteroatoms. The van der Waals surface area contributed by atoms with Crippen molar-refractivity contribution in [3.63, 3.8) is 0 Å². The van der Waals surface area contributed by atoms with Gasteiger partial charge < -0.3 is 0 Å². The highest BCUT2D eigenvalue weighted by atomic mass is 32.2. The number of carbonyl (C=O) groups excluding carboxylic acids is 1. The summed E-state index contributed by atoms with van der Waals surface area (Å²) >= 11 is 1.51. The van der Waals surface area contributed by atoms with E-state index in [2.05, 4.69) is 11.8 Å². The standard InChI is InChI=1S/C10H19NOS/c1-3-4-7-11-8-5-6-10(11)13-9(2)12/h10H,3-8H2,1-2H3/t10-/m0/s1. The maximum Gasteiger partial charge on any atom is 0.187 e. The Balaban J connectivity index is 2.30. The fourth-order valence-corrected chi connectivity index (χ4v) is 2.77. The third-order valence-corrected chi connectivity index (χ3v) is 3.54.